The van der Waals surface area contributed by atoms with Gasteiger partial charge in [0.1, 0.15) is 11.3 Å². The maximum absolute atomic E-state index is 12.9. The zero-order chi connectivity index (χ0) is 18.7. The van der Waals surface area contributed by atoms with E-state index in [4.69, 9.17) is 4.74 Å². The van der Waals surface area contributed by atoms with Crippen molar-refractivity contribution in [2.45, 2.75) is 12.6 Å². The summed E-state index contributed by atoms with van der Waals surface area (Å²) in [6.07, 6.45) is -3.82. The Labute approximate surface area is 147 Å². The molecule has 0 aliphatic rings. The molecule has 1 aromatic heterocycles. The molecule has 0 radical (unpaired) electrons. The quantitative estimate of drug-likeness (QED) is 0.645. The van der Waals surface area contributed by atoms with Gasteiger partial charge in [-0.05, 0) is 24.3 Å². The molecule has 3 aromatic rings. The van der Waals surface area contributed by atoms with Gasteiger partial charge in [0.25, 0.3) is 0 Å². The van der Waals surface area contributed by atoms with E-state index in [-0.39, 0.29) is 12.3 Å². The summed E-state index contributed by atoms with van der Waals surface area (Å²) in [6, 6.07) is 9.89. The molecule has 0 spiro atoms. The summed E-state index contributed by atoms with van der Waals surface area (Å²) in [5, 5.41) is 2.72. The van der Waals surface area contributed by atoms with Gasteiger partial charge in [0.05, 0.1) is 36.6 Å². The molecule has 0 atom stereocenters. The summed E-state index contributed by atoms with van der Waals surface area (Å²) >= 11 is 0. The number of hydrogen-bond donors (Lipinski definition) is 2. The first kappa shape index (κ1) is 17.8. The normalized spacial score (nSPS) is 11.5. The van der Waals surface area contributed by atoms with Gasteiger partial charge in [-0.3, -0.25) is 4.79 Å². The van der Waals surface area contributed by atoms with Gasteiger partial charge in [0.2, 0.25) is 0 Å². The van der Waals surface area contributed by atoms with Crippen LogP contribution in [0.3, 0.4) is 0 Å². The van der Waals surface area contributed by atoms with Crippen LogP contribution >= 0.6 is 0 Å². The zero-order valence-electron chi connectivity index (χ0n) is 13.9. The van der Waals surface area contributed by atoms with E-state index < -0.39 is 12.6 Å². The van der Waals surface area contributed by atoms with Crippen molar-refractivity contribution in [3.8, 4) is 5.75 Å². The molecule has 1 heterocycles. The highest BCUT2D eigenvalue weighted by Gasteiger charge is 2.26. The lowest BCUT2D eigenvalue weighted by atomic mass is 10.0. The van der Waals surface area contributed by atoms with Crippen molar-refractivity contribution in [3.63, 3.8) is 0 Å². The Morgan fingerprint density at radius 1 is 1.27 bits per heavy atom. The summed E-state index contributed by atoms with van der Waals surface area (Å²) in [5.74, 6) is 0.131. The molecule has 0 bridgehead atoms. The van der Waals surface area contributed by atoms with E-state index >= 15 is 0 Å². The summed E-state index contributed by atoms with van der Waals surface area (Å²) in [5.41, 5.74) is 2.09. The van der Waals surface area contributed by atoms with Gasteiger partial charge in [0, 0.05) is 12.1 Å². The number of aromatic amines is 1. The molecule has 2 aromatic carbocycles. The second-order valence-electron chi connectivity index (χ2n) is 5.64. The van der Waals surface area contributed by atoms with Crippen LogP contribution in [0.15, 0.2) is 42.7 Å². The first-order valence-electron chi connectivity index (χ1n) is 7.84. The number of ether oxygens (including phenoxy) is 1. The van der Waals surface area contributed by atoms with E-state index in [1.54, 1.807) is 30.3 Å². The molecule has 0 saturated carbocycles. The number of rotatable bonds is 6. The highest BCUT2D eigenvalue weighted by molar-refractivity contribution is 6.13. The van der Waals surface area contributed by atoms with Crippen LogP contribution in [0.25, 0.3) is 11.0 Å². The number of methoxy groups -OCH3 is 1. The highest BCUT2D eigenvalue weighted by Crippen LogP contribution is 2.28. The largest absolute Gasteiger partial charge is 0.496 e. The first-order valence-corrected chi connectivity index (χ1v) is 7.84. The number of aromatic nitrogens is 2. The van der Waals surface area contributed by atoms with Crippen molar-refractivity contribution in [2.75, 3.05) is 19.0 Å². The molecule has 8 heteroatoms. The summed E-state index contributed by atoms with van der Waals surface area (Å²) in [6.45, 7) is -0.308. The highest BCUT2D eigenvalue weighted by atomic mass is 19.4. The van der Waals surface area contributed by atoms with Crippen LogP contribution in [0.5, 0.6) is 5.75 Å². The number of nitrogens with one attached hydrogen (secondary N) is 2. The number of ketones is 1. The lowest BCUT2D eigenvalue weighted by molar-refractivity contribution is -0.131. The van der Waals surface area contributed by atoms with Crippen LogP contribution in [0.1, 0.15) is 22.3 Å². The monoisotopic (exact) mass is 363 g/mol. The molecule has 3 rings (SSSR count). The Morgan fingerprint density at radius 2 is 2.04 bits per heavy atom. The number of hydrogen-bond acceptors (Lipinski definition) is 4. The number of alkyl halides is 3. The van der Waals surface area contributed by atoms with Crippen LogP contribution in [-0.2, 0) is 0 Å². The van der Waals surface area contributed by atoms with E-state index in [9.17, 15) is 18.0 Å². The molecule has 136 valence electrons. The van der Waals surface area contributed by atoms with Gasteiger partial charge >= 0.3 is 6.18 Å². The zero-order valence-corrected chi connectivity index (χ0v) is 13.9. The number of para-hydroxylation sites is 1. The number of carbonyl (C=O) groups excluding carboxylic acids is 1. The van der Waals surface area contributed by atoms with Crippen molar-refractivity contribution in [3.05, 3.63) is 53.9 Å². The van der Waals surface area contributed by atoms with Crippen molar-refractivity contribution >= 4 is 22.5 Å². The summed E-state index contributed by atoms with van der Waals surface area (Å²) in [7, 11) is 1.47. The third-order valence-corrected chi connectivity index (χ3v) is 3.86. The van der Waals surface area contributed by atoms with Gasteiger partial charge in [-0.1, -0.05) is 12.1 Å². The fourth-order valence-electron chi connectivity index (χ4n) is 2.64. The Kier molecular flexibility index (Phi) is 4.83. The Bertz CT molecular complexity index is 935. The fourth-order valence-corrected chi connectivity index (χ4v) is 2.64. The lowest BCUT2D eigenvalue weighted by Gasteiger charge is -2.12. The Balaban J connectivity index is 1.95. The molecule has 0 aliphatic carbocycles. The summed E-state index contributed by atoms with van der Waals surface area (Å²) in [4.78, 5) is 19.8. The predicted molar refractivity (Wildman–Crippen MR) is 91.7 cm³/mol. The Hall–Kier alpha value is -3.03. The van der Waals surface area contributed by atoms with Gasteiger partial charge in [-0.25, -0.2) is 4.98 Å². The molecule has 0 saturated heterocycles. The minimum Gasteiger partial charge on any atom is -0.496 e. The van der Waals surface area contributed by atoms with Crippen LogP contribution in [0.4, 0.5) is 18.9 Å². The second-order valence-corrected chi connectivity index (χ2v) is 5.64. The molecule has 0 amide bonds. The molecule has 0 unspecified atom stereocenters. The first-order chi connectivity index (χ1) is 12.4. The number of benzene rings is 2. The smallest absolute Gasteiger partial charge is 0.390 e. The van der Waals surface area contributed by atoms with Crippen LogP contribution in [0.2, 0.25) is 0 Å². The van der Waals surface area contributed by atoms with Crippen molar-refractivity contribution < 1.29 is 22.7 Å². The minimum atomic E-state index is -4.26. The average molecular weight is 363 g/mol. The molecule has 5 nitrogen and oxygen atoms in total. The molecule has 0 aliphatic heterocycles. The molecule has 26 heavy (non-hydrogen) atoms. The average Bonchev–Trinajstić information content (AvgIpc) is 3.08. The molecular weight excluding hydrogens is 347 g/mol. The van der Waals surface area contributed by atoms with Crippen molar-refractivity contribution in [1.29, 1.82) is 0 Å². The minimum absolute atomic E-state index is 0.294. The lowest BCUT2D eigenvalue weighted by Crippen LogP contribution is -2.15. The molecule has 0 fully saturated rings. The number of nitrogens with zero attached hydrogens (tertiary/aromatic N) is 1. The SMILES string of the molecule is COc1ccccc1C(=O)c1cc(NCCC(F)(F)F)c2nc[nH]c2c1. The number of anilines is 1. The van der Waals surface area contributed by atoms with E-state index in [1.165, 1.54) is 19.5 Å². The standard InChI is InChI=1S/C18H16F3N3O2/c1-26-15-5-3-2-4-12(15)17(25)11-8-13(22-7-6-18(19,20)21)16-14(9-11)23-10-24-16/h2-5,8-10,22H,6-7H2,1H3,(H,23,24). The van der Waals surface area contributed by atoms with Gasteiger partial charge < -0.3 is 15.0 Å². The van der Waals surface area contributed by atoms with Crippen LogP contribution in [0, 0.1) is 0 Å². The fraction of sp³-hybridized carbons (Fsp3) is 0.222. The van der Waals surface area contributed by atoms with E-state index in [0.717, 1.165) is 0 Å². The number of imidazole rings is 1. The van der Waals surface area contributed by atoms with E-state index in [2.05, 4.69) is 15.3 Å². The maximum Gasteiger partial charge on any atom is 0.390 e. The molecule has 2 N–H and O–H groups in total. The van der Waals surface area contributed by atoms with Crippen molar-refractivity contribution in [1.82, 2.24) is 9.97 Å². The number of H-pyrrole nitrogens is 1. The van der Waals surface area contributed by atoms with Gasteiger partial charge in [0.15, 0.2) is 5.78 Å². The second kappa shape index (κ2) is 7.07. The predicted octanol–water partition coefficient (Wildman–Crippen LogP) is 4.17. The van der Waals surface area contributed by atoms with Crippen molar-refractivity contribution in [2.24, 2.45) is 0 Å². The third kappa shape index (κ3) is 3.79. The Morgan fingerprint density at radius 3 is 2.77 bits per heavy atom. The van der Waals surface area contributed by atoms with Gasteiger partial charge in [-0.15, -0.1) is 0 Å². The topological polar surface area (TPSA) is 67.0 Å². The summed E-state index contributed by atoms with van der Waals surface area (Å²) < 4.78 is 42.4. The van der Waals surface area contributed by atoms with E-state index in [1.807, 2.05) is 0 Å². The number of fused-ring (bicyclic) bond motifs is 1. The van der Waals surface area contributed by atoms with Gasteiger partial charge in [-0.2, -0.15) is 13.2 Å². The maximum atomic E-state index is 12.9. The number of carbonyl (C=O) groups is 1. The van der Waals surface area contributed by atoms with E-state index in [0.29, 0.717) is 33.6 Å². The molecular formula is C18H16F3N3O2. The third-order valence-electron chi connectivity index (χ3n) is 3.86. The van der Waals surface area contributed by atoms with Crippen LogP contribution in [-0.4, -0.2) is 35.6 Å². The van der Waals surface area contributed by atoms with Crippen LogP contribution < -0.4 is 10.1 Å². The number of halogens is 3.